The van der Waals surface area contributed by atoms with Crippen LogP contribution >= 0.6 is 0 Å². The van der Waals surface area contributed by atoms with Gasteiger partial charge < -0.3 is 24.5 Å². The van der Waals surface area contributed by atoms with Gasteiger partial charge in [-0.2, -0.15) is 0 Å². The van der Waals surface area contributed by atoms with Crippen molar-refractivity contribution in [1.29, 1.82) is 0 Å². The second kappa shape index (κ2) is 13.6. The first kappa shape index (κ1) is 29.3. The molecule has 1 saturated heterocycles. The lowest BCUT2D eigenvalue weighted by Crippen LogP contribution is -2.38. The summed E-state index contributed by atoms with van der Waals surface area (Å²) in [7, 11) is 0. The molecule has 1 aromatic heterocycles. The van der Waals surface area contributed by atoms with E-state index in [9.17, 15) is 14.0 Å². The summed E-state index contributed by atoms with van der Waals surface area (Å²) in [6, 6.07) is 17.7. The minimum atomic E-state index is -0.747. The van der Waals surface area contributed by atoms with Crippen LogP contribution in [0.3, 0.4) is 0 Å². The van der Waals surface area contributed by atoms with Gasteiger partial charge in [-0.25, -0.2) is 4.39 Å². The third-order valence-corrected chi connectivity index (χ3v) is 7.23. The van der Waals surface area contributed by atoms with Gasteiger partial charge in [-0.15, -0.1) is 0 Å². The van der Waals surface area contributed by atoms with Crippen LogP contribution in [0.4, 0.5) is 4.39 Å². The molecule has 5 rings (SSSR count). The molecule has 1 aliphatic heterocycles. The van der Waals surface area contributed by atoms with Crippen LogP contribution in [0, 0.1) is 11.7 Å². The number of nitrogens with zero attached hydrogens (tertiary/aromatic N) is 1. The molecule has 4 aromatic rings. The molecule has 0 radical (unpaired) electrons. The maximum Gasteiger partial charge on any atom is 0.255 e. The van der Waals surface area contributed by atoms with E-state index in [1.165, 1.54) is 18.4 Å². The van der Waals surface area contributed by atoms with Gasteiger partial charge in [-0.3, -0.25) is 14.5 Å². The van der Waals surface area contributed by atoms with E-state index in [2.05, 4.69) is 15.5 Å². The van der Waals surface area contributed by atoms with Crippen molar-refractivity contribution in [3.05, 3.63) is 101 Å². The second-order valence-corrected chi connectivity index (χ2v) is 10.8. The molecule has 0 spiro atoms. The zero-order chi connectivity index (χ0) is 29.5. The maximum atomic E-state index is 14.0. The molecule has 2 N–H and O–H groups in total. The Morgan fingerprint density at radius 1 is 1.00 bits per heavy atom. The molecule has 0 saturated carbocycles. The van der Waals surface area contributed by atoms with Crippen molar-refractivity contribution in [1.82, 2.24) is 15.5 Å². The number of fused-ring (bicyclic) bond motifs is 1. The first-order valence-corrected chi connectivity index (χ1v) is 14.3. The van der Waals surface area contributed by atoms with Crippen molar-refractivity contribution in [2.24, 2.45) is 5.92 Å². The summed E-state index contributed by atoms with van der Waals surface area (Å²) in [4.78, 5) is 29.0. The third kappa shape index (κ3) is 7.16. The second-order valence-electron chi connectivity index (χ2n) is 10.8. The predicted octanol–water partition coefficient (Wildman–Crippen LogP) is 5.19. The molecule has 9 heteroatoms. The lowest BCUT2D eigenvalue weighted by atomic mass is 9.95. The van der Waals surface area contributed by atoms with Crippen LogP contribution in [0.5, 0.6) is 5.75 Å². The number of amides is 2. The first-order chi connectivity index (χ1) is 20.4. The molecule has 1 unspecified atom stereocenters. The number of ether oxygens (including phenoxy) is 2. The van der Waals surface area contributed by atoms with Gasteiger partial charge >= 0.3 is 0 Å². The van der Waals surface area contributed by atoms with Crippen molar-refractivity contribution in [2.75, 3.05) is 46.0 Å². The number of carbonyl (C=O) groups excluding carboxylic acids is 2. The van der Waals surface area contributed by atoms with E-state index in [0.29, 0.717) is 71.9 Å². The summed E-state index contributed by atoms with van der Waals surface area (Å²) < 4.78 is 31.3. The van der Waals surface area contributed by atoms with E-state index >= 15 is 0 Å². The molecule has 2 amide bonds. The van der Waals surface area contributed by atoms with Crippen LogP contribution in [-0.2, 0) is 4.74 Å². The number of halogens is 1. The molecule has 8 nitrogen and oxygen atoms in total. The highest BCUT2D eigenvalue weighted by atomic mass is 19.1. The minimum Gasteiger partial charge on any atom is -0.492 e. The number of para-hydroxylation sites is 1. The van der Waals surface area contributed by atoms with E-state index < -0.39 is 11.9 Å². The van der Waals surface area contributed by atoms with E-state index in [4.69, 9.17) is 13.9 Å². The van der Waals surface area contributed by atoms with Gasteiger partial charge in [-0.1, -0.05) is 44.2 Å². The highest BCUT2D eigenvalue weighted by Crippen LogP contribution is 2.33. The van der Waals surface area contributed by atoms with Gasteiger partial charge in [0.1, 0.15) is 30.0 Å². The lowest BCUT2D eigenvalue weighted by molar-refractivity contribution is 0.0322. The summed E-state index contributed by atoms with van der Waals surface area (Å²) in [5, 5.41) is 6.73. The Hall–Kier alpha value is -4.21. The zero-order valence-electron chi connectivity index (χ0n) is 23.9. The quantitative estimate of drug-likeness (QED) is 0.257. The molecule has 2 heterocycles. The summed E-state index contributed by atoms with van der Waals surface area (Å²) >= 11 is 0. The summed E-state index contributed by atoms with van der Waals surface area (Å²) in [5.41, 5.74) is 2.62. The lowest BCUT2D eigenvalue weighted by Gasteiger charge is -2.27. The Labute approximate surface area is 244 Å². The average molecular weight is 574 g/mol. The molecular weight excluding hydrogens is 537 g/mol. The van der Waals surface area contributed by atoms with Gasteiger partial charge in [0.15, 0.2) is 0 Å². The smallest absolute Gasteiger partial charge is 0.255 e. The third-order valence-electron chi connectivity index (χ3n) is 7.23. The molecular formula is C33H36FN3O5. The molecule has 1 fully saturated rings. The number of carbonyl (C=O) groups is 2. The van der Waals surface area contributed by atoms with Crippen LogP contribution in [0.15, 0.2) is 77.4 Å². The van der Waals surface area contributed by atoms with Crippen LogP contribution < -0.4 is 15.4 Å². The minimum absolute atomic E-state index is 0.227. The van der Waals surface area contributed by atoms with Crippen molar-refractivity contribution in [2.45, 2.75) is 19.9 Å². The molecule has 1 aliphatic rings. The molecule has 0 bridgehead atoms. The van der Waals surface area contributed by atoms with Crippen molar-refractivity contribution in [3.8, 4) is 5.75 Å². The largest absolute Gasteiger partial charge is 0.492 e. The highest BCUT2D eigenvalue weighted by Gasteiger charge is 2.25. The van der Waals surface area contributed by atoms with E-state index in [1.54, 1.807) is 36.4 Å². The summed E-state index contributed by atoms with van der Waals surface area (Å²) in [6.45, 7) is 8.72. The van der Waals surface area contributed by atoms with Gasteiger partial charge in [-0.05, 0) is 47.9 Å². The topological polar surface area (TPSA) is 93.0 Å². The fraction of sp³-hybridized carbons (Fsp3) is 0.333. The summed E-state index contributed by atoms with van der Waals surface area (Å²) in [5.74, 6) is -0.186. The number of hydrogen-bond acceptors (Lipinski definition) is 6. The molecule has 0 aliphatic carbocycles. The molecule has 1 atom stereocenters. The van der Waals surface area contributed by atoms with Gasteiger partial charge in [0.2, 0.25) is 0 Å². The van der Waals surface area contributed by atoms with Gasteiger partial charge in [0.25, 0.3) is 11.8 Å². The molecule has 3 aromatic carbocycles. The summed E-state index contributed by atoms with van der Waals surface area (Å²) in [6.07, 6.45) is 1.43. The Bertz CT molecular complexity index is 1510. The molecule has 42 heavy (non-hydrogen) atoms. The Morgan fingerprint density at radius 3 is 2.52 bits per heavy atom. The van der Waals surface area contributed by atoms with Crippen LogP contribution in [0.1, 0.15) is 51.7 Å². The Kier molecular flexibility index (Phi) is 9.51. The number of furan rings is 1. The van der Waals surface area contributed by atoms with Crippen molar-refractivity contribution in [3.63, 3.8) is 0 Å². The predicted molar refractivity (Wildman–Crippen MR) is 158 cm³/mol. The van der Waals surface area contributed by atoms with Gasteiger partial charge in [0.05, 0.1) is 24.8 Å². The van der Waals surface area contributed by atoms with Crippen LogP contribution in [0.25, 0.3) is 11.0 Å². The number of nitrogens with one attached hydrogen (secondary N) is 2. The standard InChI is InChI=1S/C33H36FN3O5/c1-22(2)20-35-32(38)24-9-12-30(41-18-15-37-13-16-40-17-14-37)27(19-24)31(23-7-10-25(34)11-8-23)36-33(39)28-21-42-29-6-4-3-5-26(28)29/h3-12,19,21-22,31H,13-18,20H2,1-2H3,(H,35,38)(H,36,39). The average Bonchev–Trinajstić information content (AvgIpc) is 3.44. The maximum absolute atomic E-state index is 14.0. The Morgan fingerprint density at radius 2 is 1.76 bits per heavy atom. The normalized spacial score (nSPS) is 14.6. The van der Waals surface area contributed by atoms with Crippen molar-refractivity contribution >= 4 is 22.8 Å². The Balaban J connectivity index is 1.50. The fourth-order valence-corrected chi connectivity index (χ4v) is 4.91. The SMILES string of the molecule is CC(C)CNC(=O)c1ccc(OCCN2CCOCC2)c(C(NC(=O)c2coc3ccccc23)c2ccc(F)cc2)c1. The first-order valence-electron chi connectivity index (χ1n) is 14.3. The monoisotopic (exact) mass is 573 g/mol. The number of benzene rings is 3. The number of hydrogen-bond donors (Lipinski definition) is 2. The number of morpholine rings is 1. The van der Waals surface area contributed by atoms with Gasteiger partial charge in [0, 0.05) is 42.7 Å². The van der Waals surface area contributed by atoms with Crippen LogP contribution in [-0.4, -0.2) is 62.7 Å². The van der Waals surface area contributed by atoms with E-state index in [1.807, 2.05) is 32.0 Å². The zero-order valence-corrected chi connectivity index (χ0v) is 23.9. The molecule has 220 valence electrons. The number of rotatable bonds is 11. The van der Waals surface area contributed by atoms with E-state index in [0.717, 1.165) is 13.1 Å². The fourth-order valence-electron chi connectivity index (χ4n) is 4.91. The van der Waals surface area contributed by atoms with Crippen molar-refractivity contribution < 1.29 is 27.9 Å². The van der Waals surface area contributed by atoms with E-state index in [-0.39, 0.29) is 17.7 Å². The highest BCUT2D eigenvalue weighted by molar-refractivity contribution is 6.06. The van der Waals surface area contributed by atoms with Crippen LogP contribution in [0.2, 0.25) is 0 Å².